The summed E-state index contributed by atoms with van der Waals surface area (Å²) in [6.45, 7) is 4.39. The van der Waals surface area contributed by atoms with Crippen LogP contribution in [0.1, 0.15) is 26.7 Å². The van der Waals surface area contributed by atoms with Crippen molar-refractivity contribution in [1.82, 2.24) is 0 Å². The van der Waals surface area contributed by atoms with Gasteiger partial charge in [-0.25, -0.2) is 0 Å². The van der Waals surface area contributed by atoms with Gasteiger partial charge in [0.25, 0.3) is 0 Å². The summed E-state index contributed by atoms with van der Waals surface area (Å²) in [5.41, 5.74) is 12.2. The van der Waals surface area contributed by atoms with Crippen LogP contribution in [0.3, 0.4) is 0 Å². The first-order valence-electron chi connectivity index (χ1n) is 3.82. The number of nitrogens with two attached hydrogens (primary N) is 2. The minimum atomic E-state index is -0.321. The molecule has 0 unspecified atom stereocenters. The molecule has 0 aliphatic rings. The van der Waals surface area contributed by atoms with Crippen LogP contribution < -0.4 is 11.5 Å². The van der Waals surface area contributed by atoms with Crippen LogP contribution in [0, 0.1) is 0 Å². The zero-order valence-corrected chi connectivity index (χ0v) is 7.18. The largest absolute Gasteiger partial charge is 0.366 e. The summed E-state index contributed by atoms with van der Waals surface area (Å²) < 4.78 is 0. The van der Waals surface area contributed by atoms with E-state index in [0.29, 0.717) is 13.0 Å². The van der Waals surface area contributed by atoms with Gasteiger partial charge in [-0.15, -0.1) is 0 Å². The molecule has 0 radical (unpaired) electrons. The number of hydrogen-bond acceptors (Lipinski definition) is 2. The highest BCUT2D eigenvalue weighted by atomic mass is 16.1. The number of rotatable bonds is 4. The maximum Gasteiger partial charge on any atom is 0.244 e. The van der Waals surface area contributed by atoms with E-state index in [9.17, 15) is 4.79 Å². The molecule has 64 valence electrons. The monoisotopic (exact) mass is 156 g/mol. The average Bonchev–Trinajstić information content (AvgIpc) is 1.88. The summed E-state index contributed by atoms with van der Waals surface area (Å²) in [4.78, 5) is 10.8. The molecular formula is C8H16N2O. The predicted molar refractivity (Wildman–Crippen MR) is 45.9 cm³/mol. The van der Waals surface area contributed by atoms with Crippen LogP contribution in [-0.4, -0.2) is 12.5 Å². The highest BCUT2D eigenvalue weighted by Crippen LogP contribution is 2.10. The van der Waals surface area contributed by atoms with Gasteiger partial charge >= 0.3 is 0 Å². The van der Waals surface area contributed by atoms with Gasteiger partial charge in [-0.05, 0) is 26.3 Å². The molecule has 0 atom stereocenters. The fourth-order valence-electron chi connectivity index (χ4n) is 1.05. The molecule has 3 heteroatoms. The Morgan fingerprint density at radius 1 is 1.45 bits per heavy atom. The zero-order valence-electron chi connectivity index (χ0n) is 7.18. The van der Waals surface area contributed by atoms with Crippen molar-refractivity contribution in [3.05, 3.63) is 11.1 Å². The second kappa shape index (κ2) is 4.91. The van der Waals surface area contributed by atoms with Gasteiger partial charge in [-0.3, -0.25) is 4.79 Å². The summed E-state index contributed by atoms with van der Waals surface area (Å²) in [6, 6.07) is 0. The molecule has 3 nitrogen and oxygen atoms in total. The molecule has 0 saturated carbocycles. The van der Waals surface area contributed by atoms with E-state index in [0.717, 1.165) is 17.6 Å². The van der Waals surface area contributed by atoms with Crippen LogP contribution in [0.2, 0.25) is 0 Å². The molecule has 4 N–H and O–H groups in total. The molecule has 0 aromatic rings. The molecule has 0 bridgehead atoms. The molecule has 0 aliphatic heterocycles. The highest BCUT2D eigenvalue weighted by molar-refractivity contribution is 5.92. The molecule has 0 aromatic carbocycles. The third-order valence-corrected chi connectivity index (χ3v) is 1.69. The maximum absolute atomic E-state index is 10.8. The Morgan fingerprint density at radius 2 is 2.00 bits per heavy atom. The lowest BCUT2D eigenvalue weighted by molar-refractivity contribution is -0.114. The third-order valence-electron chi connectivity index (χ3n) is 1.69. The molecule has 0 heterocycles. The summed E-state index contributed by atoms with van der Waals surface area (Å²) in [7, 11) is 0. The van der Waals surface area contributed by atoms with Crippen LogP contribution in [0.25, 0.3) is 0 Å². The summed E-state index contributed by atoms with van der Waals surface area (Å²) in [5, 5.41) is 0. The van der Waals surface area contributed by atoms with Crippen molar-refractivity contribution in [3.63, 3.8) is 0 Å². The SMILES string of the molecule is CCC(C(N)=O)=C(C)CCN. The van der Waals surface area contributed by atoms with E-state index in [1.165, 1.54) is 0 Å². The number of hydrogen-bond donors (Lipinski definition) is 2. The Bertz CT molecular complexity index is 173. The fraction of sp³-hybridized carbons (Fsp3) is 0.625. The van der Waals surface area contributed by atoms with Gasteiger partial charge in [0.2, 0.25) is 5.91 Å². The van der Waals surface area contributed by atoms with Gasteiger partial charge in [-0.2, -0.15) is 0 Å². The molecule has 0 saturated heterocycles. The Balaban J connectivity index is 4.40. The molecule has 1 amide bonds. The lowest BCUT2D eigenvalue weighted by Crippen LogP contribution is -2.15. The van der Waals surface area contributed by atoms with Gasteiger partial charge < -0.3 is 11.5 Å². The van der Waals surface area contributed by atoms with Crippen LogP contribution in [-0.2, 0) is 4.79 Å². The molecule has 11 heavy (non-hydrogen) atoms. The van der Waals surface area contributed by atoms with Gasteiger partial charge in [0.15, 0.2) is 0 Å². The third kappa shape index (κ3) is 3.18. The van der Waals surface area contributed by atoms with Crippen molar-refractivity contribution in [2.24, 2.45) is 11.5 Å². The van der Waals surface area contributed by atoms with Crippen molar-refractivity contribution < 1.29 is 4.79 Å². The number of carbonyl (C=O) groups is 1. The van der Waals surface area contributed by atoms with E-state index >= 15 is 0 Å². The Hall–Kier alpha value is -0.830. The molecule has 0 aliphatic carbocycles. The van der Waals surface area contributed by atoms with E-state index in [4.69, 9.17) is 11.5 Å². The summed E-state index contributed by atoms with van der Waals surface area (Å²) >= 11 is 0. The quantitative estimate of drug-likeness (QED) is 0.583. The van der Waals surface area contributed by atoms with Gasteiger partial charge in [-0.1, -0.05) is 12.5 Å². The minimum Gasteiger partial charge on any atom is -0.366 e. The topological polar surface area (TPSA) is 69.1 Å². The first-order valence-corrected chi connectivity index (χ1v) is 3.82. The minimum absolute atomic E-state index is 0.321. The molecule has 0 aromatic heterocycles. The van der Waals surface area contributed by atoms with E-state index < -0.39 is 0 Å². The van der Waals surface area contributed by atoms with E-state index in [-0.39, 0.29) is 5.91 Å². The molecule has 0 fully saturated rings. The second-order valence-corrected chi connectivity index (χ2v) is 2.52. The molecular weight excluding hydrogens is 140 g/mol. The average molecular weight is 156 g/mol. The van der Waals surface area contributed by atoms with Crippen LogP contribution >= 0.6 is 0 Å². The number of amides is 1. The van der Waals surface area contributed by atoms with Crippen LogP contribution in [0.15, 0.2) is 11.1 Å². The Labute approximate surface area is 67.4 Å². The summed E-state index contributed by atoms with van der Waals surface area (Å²) in [6.07, 6.45) is 1.45. The standard InChI is InChI=1S/C8H16N2O/c1-3-7(8(10)11)6(2)4-5-9/h3-5,9H2,1-2H3,(H2,10,11). The van der Waals surface area contributed by atoms with Crippen molar-refractivity contribution in [3.8, 4) is 0 Å². The van der Waals surface area contributed by atoms with Crippen LogP contribution in [0.4, 0.5) is 0 Å². The Morgan fingerprint density at radius 3 is 2.27 bits per heavy atom. The smallest absolute Gasteiger partial charge is 0.244 e. The van der Waals surface area contributed by atoms with Crippen molar-refractivity contribution in [2.75, 3.05) is 6.54 Å². The van der Waals surface area contributed by atoms with Crippen molar-refractivity contribution in [2.45, 2.75) is 26.7 Å². The molecule has 0 spiro atoms. The number of carbonyl (C=O) groups excluding carboxylic acids is 1. The van der Waals surface area contributed by atoms with Gasteiger partial charge in [0.05, 0.1) is 0 Å². The normalized spacial score (nSPS) is 12.6. The van der Waals surface area contributed by atoms with Gasteiger partial charge in [0.1, 0.15) is 0 Å². The second-order valence-electron chi connectivity index (χ2n) is 2.52. The van der Waals surface area contributed by atoms with E-state index in [1.807, 2.05) is 13.8 Å². The first kappa shape index (κ1) is 10.2. The molecule has 0 rings (SSSR count). The Kier molecular flexibility index (Phi) is 4.54. The first-order chi connectivity index (χ1) is 5.13. The highest BCUT2D eigenvalue weighted by Gasteiger charge is 2.05. The maximum atomic E-state index is 10.8. The predicted octanol–water partition coefficient (Wildman–Crippen LogP) is 0.547. The number of primary amides is 1. The summed E-state index contributed by atoms with van der Waals surface area (Å²) in [5.74, 6) is -0.321. The van der Waals surface area contributed by atoms with Crippen molar-refractivity contribution in [1.29, 1.82) is 0 Å². The lowest BCUT2D eigenvalue weighted by atomic mass is 10.0. The fourth-order valence-corrected chi connectivity index (χ4v) is 1.05. The van der Waals surface area contributed by atoms with Gasteiger partial charge in [0, 0.05) is 5.57 Å². The van der Waals surface area contributed by atoms with Crippen LogP contribution in [0.5, 0.6) is 0 Å². The lowest BCUT2D eigenvalue weighted by Gasteiger charge is -2.04. The van der Waals surface area contributed by atoms with Crippen molar-refractivity contribution >= 4 is 5.91 Å². The van der Waals surface area contributed by atoms with E-state index in [2.05, 4.69) is 0 Å². The zero-order chi connectivity index (χ0) is 8.85. The van der Waals surface area contributed by atoms with E-state index in [1.54, 1.807) is 0 Å².